The summed E-state index contributed by atoms with van der Waals surface area (Å²) in [5, 5.41) is 7.89. The van der Waals surface area contributed by atoms with Crippen molar-refractivity contribution in [2.75, 3.05) is 0 Å². The average molecular weight is 445 g/mol. The molecule has 2 aromatic carbocycles. The molecule has 33 heavy (non-hydrogen) atoms. The highest BCUT2D eigenvalue weighted by atomic mass is 19.2. The number of aromatic amines is 1. The average Bonchev–Trinajstić information content (AvgIpc) is 3.25. The molecule has 3 aromatic heterocycles. The first-order chi connectivity index (χ1) is 15.9. The summed E-state index contributed by atoms with van der Waals surface area (Å²) in [7, 11) is 0. The molecule has 9 heteroatoms. The number of nitrogens with one attached hydrogen (secondary N) is 2. The zero-order valence-electron chi connectivity index (χ0n) is 17.3. The Labute approximate surface area is 185 Å². The summed E-state index contributed by atoms with van der Waals surface area (Å²) < 4.78 is 28.0. The number of H-pyrrole nitrogens is 1. The van der Waals surface area contributed by atoms with E-state index < -0.39 is 29.1 Å². The lowest BCUT2D eigenvalue weighted by Gasteiger charge is -2.13. The van der Waals surface area contributed by atoms with Crippen LogP contribution in [0.15, 0.2) is 71.8 Å². The van der Waals surface area contributed by atoms with Crippen molar-refractivity contribution >= 4 is 22.3 Å². The van der Waals surface area contributed by atoms with E-state index in [2.05, 4.69) is 20.4 Å². The van der Waals surface area contributed by atoms with Crippen LogP contribution in [-0.2, 0) is 0 Å². The molecule has 0 aliphatic carbocycles. The minimum absolute atomic E-state index is 0.0206. The van der Waals surface area contributed by atoms with Crippen LogP contribution in [0.4, 0.5) is 8.78 Å². The van der Waals surface area contributed by atoms with Crippen LogP contribution in [-0.4, -0.2) is 25.5 Å². The fraction of sp³-hybridized carbons (Fsp3) is 0.0833. The van der Waals surface area contributed by atoms with Crippen molar-refractivity contribution in [2.45, 2.75) is 13.0 Å². The fourth-order valence-electron chi connectivity index (χ4n) is 3.63. The predicted molar refractivity (Wildman–Crippen MR) is 119 cm³/mol. The van der Waals surface area contributed by atoms with E-state index in [1.54, 1.807) is 19.3 Å². The van der Waals surface area contributed by atoms with Crippen molar-refractivity contribution in [1.82, 2.24) is 24.9 Å². The normalized spacial score (nSPS) is 12.2. The van der Waals surface area contributed by atoms with Gasteiger partial charge in [-0.05, 0) is 36.8 Å². The van der Waals surface area contributed by atoms with Gasteiger partial charge in [0, 0.05) is 23.2 Å². The zero-order valence-corrected chi connectivity index (χ0v) is 17.3. The maximum absolute atomic E-state index is 13.5. The molecule has 0 aliphatic rings. The maximum Gasteiger partial charge on any atom is 0.274 e. The third-order valence-corrected chi connectivity index (χ3v) is 5.41. The number of rotatable bonds is 4. The largest absolute Gasteiger partial charge is 0.344 e. The molecular weight excluding hydrogens is 428 g/mol. The van der Waals surface area contributed by atoms with Gasteiger partial charge in [-0.1, -0.05) is 24.3 Å². The number of hydrogen-bond donors (Lipinski definition) is 2. The smallest absolute Gasteiger partial charge is 0.274 e. The third-order valence-electron chi connectivity index (χ3n) is 5.41. The molecule has 7 nitrogen and oxygen atoms in total. The van der Waals surface area contributed by atoms with Crippen molar-refractivity contribution in [3.63, 3.8) is 0 Å². The molecule has 0 spiro atoms. The Balaban J connectivity index is 1.45. The van der Waals surface area contributed by atoms with E-state index in [1.165, 1.54) is 16.6 Å². The number of pyridine rings is 1. The van der Waals surface area contributed by atoms with Crippen molar-refractivity contribution in [3.05, 3.63) is 100 Å². The van der Waals surface area contributed by atoms with Crippen LogP contribution in [0.1, 0.15) is 29.0 Å². The zero-order chi connectivity index (χ0) is 23.1. The van der Waals surface area contributed by atoms with E-state index in [-0.39, 0.29) is 11.2 Å². The summed E-state index contributed by atoms with van der Waals surface area (Å²) >= 11 is 0. The SMILES string of the molecule is CC(NC(=O)c1cc2c(=O)[nH]c(-c3ccc4cccnc4c3)cn2n1)c1ccc(F)c(F)c1. The lowest BCUT2D eigenvalue weighted by Crippen LogP contribution is -2.27. The van der Waals surface area contributed by atoms with Crippen LogP contribution in [0.3, 0.4) is 0 Å². The summed E-state index contributed by atoms with van der Waals surface area (Å²) in [6.07, 6.45) is 3.31. The summed E-state index contributed by atoms with van der Waals surface area (Å²) in [6.45, 7) is 1.64. The van der Waals surface area contributed by atoms with Gasteiger partial charge in [-0.2, -0.15) is 5.10 Å². The number of hydrogen-bond acceptors (Lipinski definition) is 4. The Morgan fingerprint density at radius 1 is 1.09 bits per heavy atom. The van der Waals surface area contributed by atoms with E-state index in [0.717, 1.165) is 28.6 Å². The maximum atomic E-state index is 13.5. The first kappa shape index (κ1) is 20.5. The first-order valence-electron chi connectivity index (χ1n) is 10.1. The van der Waals surface area contributed by atoms with Gasteiger partial charge in [0.15, 0.2) is 17.3 Å². The van der Waals surface area contributed by atoms with E-state index >= 15 is 0 Å². The molecule has 3 heterocycles. The molecule has 0 aliphatic heterocycles. The Morgan fingerprint density at radius 3 is 2.76 bits per heavy atom. The number of halogens is 2. The Morgan fingerprint density at radius 2 is 1.94 bits per heavy atom. The Bertz CT molecular complexity index is 1590. The molecule has 0 bridgehead atoms. The molecule has 5 aromatic rings. The molecule has 2 N–H and O–H groups in total. The topological polar surface area (TPSA) is 92.1 Å². The Hall–Kier alpha value is -4.40. The molecule has 164 valence electrons. The minimum Gasteiger partial charge on any atom is -0.344 e. The van der Waals surface area contributed by atoms with Crippen molar-refractivity contribution in [3.8, 4) is 11.3 Å². The number of nitrogens with zero attached hydrogens (tertiary/aromatic N) is 3. The van der Waals surface area contributed by atoms with Gasteiger partial charge in [-0.3, -0.25) is 14.6 Å². The van der Waals surface area contributed by atoms with Crippen LogP contribution < -0.4 is 10.9 Å². The van der Waals surface area contributed by atoms with Crippen molar-refractivity contribution < 1.29 is 13.6 Å². The van der Waals surface area contributed by atoms with Crippen LogP contribution in [0.5, 0.6) is 0 Å². The molecule has 0 saturated carbocycles. The second kappa shape index (κ2) is 7.94. The van der Waals surface area contributed by atoms with Gasteiger partial charge in [0.05, 0.1) is 23.4 Å². The van der Waals surface area contributed by atoms with Gasteiger partial charge < -0.3 is 10.3 Å². The number of amides is 1. The quantitative estimate of drug-likeness (QED) is 0.437. The molecule has 1 unspecified atom stereocenters. The third kappa shape index (κ3) is 3.84. The van der Waals surface area contributed by atoms with Gasteiger partial charge in [0.2, 0.25) is 0 Å². The van der Waals surface area contributed by atoms with Gasteiger partial charge in [-0.15, -0.1) is 0 Å². The number of aromatic nitrogens is 4. The van der Waals surface area contributed by atoms with Crippen molar-refractivity contribution in [2.24, 2.45) is 0 Å². The van der Waals surface area contributed by atoms with E-state index in [4.69, 9.17) is 0 Å². The Kier molecular flexibility index (Phi) is 4.93. The van der Waals surface area contributed by atoms with Crippen LogP contribution in [0.25, 0.3) is 27.7 Å². The lowest BCUT2D eigenvalue weighted by atomic mass is 10.1. The summed E-state index contributed by atoms with van der Waals surface area (Å²) in [4.78, 5) is 32.5. The summed E-state index contributed by atoms with van der Waals surface area (Å²) in [5.41, 5.74) is 2.25. The highest BCUT2D eigenvalue weighted by Crippen LogP contribution is 2.21. The fourth-order valence-corrected chi connectivity index (χ4v) is 3.63. The second-order valence-electron chi connectivity index (χ2n) is 7.64. The number of carbonyl (C=O) groups excluding carboxylic acids is 1. The highest BCUT2D eigenvalue weighted by molar-refractivity contribution is 5.93. The van der Waals surface area contributed by atoms with E-state index in [9.17, 15) is 18.4 Å². The first-order valence-corrected chi connectivity index (χ1v) is 10.1. The van der Waals surface area contributed by atoms with E-state index in [1.807, 2.05) is 30.3 Å². The number of benzene rings is 2. The standard InChI is InChI=1S/C24H17F2N5O2/c1-13(15-6-7-17(25)18(26)9-15)28-23(32)20-11-22-24(33)29-21(12-31(22)30-20)16-5-4-14-3-2-8-27-19(14)10-16/h2-13H,1H3,(H,28,32)(H,29,33). The van der Waals surface area contributed by atoms with E-state index in [0.29, 0.717) is 11.3 Å². The van der Waals surface area contributed by atoms with Gasteiger partial charge in [0.25, 0.3) is 11.5 Å². The molecule has 1 amide bonds. The summed E-state index contributed by atoms with van der Waals surface area (Å²) in [5.74, 6) is -2.51. The van der Waals surface area contributed by atoms with Crippen LogP contribution in [0.2, 0.25) is 0 Å². The predicted octanol–water partition coefficient (Wildman–Crippen LogP) is 4.01. The van der Waals surface area contributed by atoms with Crippen molar-refractivity contribution in [1.29, 1.82) is 0 Å². The monoisotopic (exact) mass is 445 g/mol. The molecular formula is C24H17F2N5O2. The number of fused-ring (bicyclic) bond motifs is 2. The van der Waals surface area contributed by atoms with Crippen LogP contribution >= 0.6 is 0 Å². The second-order valence-corrected chi connectivity index (χ2v) is 7.64. The van der Waals surface area contributed by atoms with Gasteiger partial charge in [0.1, 0.15) is 5.52 Å². The highest BCUT2D eigenvalue weighted by Gasteiger charge is 2.17. The van der Waals surface area contributed by atoms with Crippen LogP contribution in [0, 0.1) is 11.6 Å². The van der Waals surface area contributed by atoms with Gasteiger partial charge >= 0.3 is 0 Å². The van der Waals surface area contributed by atoms with Gasteiger partial charge in [-0.25, -0.2) is 13.3 Å². The molecule has 1 atom stereocenters. The summed E-state index contributed by atoms with van der Waals surface area (Å²) in [6, 6.07) is 13.6. The molecule has 5 rings (SSSR count). The molecule has 0 radical (unpaired) electrons. The minimum atomic E-state index is -0.996. The molecule has 0 saturated heterocycles. The number of carbonyl (C=O) groups is 1. The molecule has 0 fully saturated rings. The lowest BCUT2D eigenvalue weighted by molar-refractivity contribution is 0.0934.